The Kier molecular flexibility index (Phi) is 11.9. The highest BCUT2D eigenvalue weighted by Crippen LogP contribution is 2.33. The molecule has 3 rings (SSSR count). The number of anilines is 2. The predicted molar refractivity (Wildman–Crippen MR) is 152 cm³/mol. The number of phenolic OH excluding ortho intramolecular Hbond substituents is 1. The van der Waals surface area contributed by atoms with Crippen LogP contribution in [0.25, 0.3) is 11.1 Å². The summed E-state index contributed by atoms with van der Waals surface area (Å²) in [5, 5.41) is 25.3. The molecule has 2 aromatic carbocycles. The number of aromatic hydroxyl groups is 1. The SMILES string of the molecule is CC.CC(C)(C=N)N(C=S)c1ccc(-c2ccc(O)cc2)cc1.CN(C)c1cnc(C#N)c(C(F)(F)F)c1. The van der Waals surface area contributed by atoms with Crippen LogP contribution in [0.2, 0.25) is 0 Å². The van der Waals surface area contributed by atoms with Crippen molar-refractivity contribution in [1.29, 1.82) is 10.7 Å². The topological polar surface area (TPSA) is 87.2 Å². The summed E-state index contributed by atoms with van der Waals surface area (Å²) in [5.74, 6) is 0.259. The minimum Gasteiger partial charge on any atom is -0.508 e. The van der Waals surface area contributed by atoms with Gasteiger partial charge in [-0.3, -0.25) is 0 Å². The second-order valence-corrected chi connectivity index (χ2v) is 8.67. The normalized spacial score (nSPS) is 10.5. The van der Waals surface area contributed by atoms with Crippen molar-refractivity contribution in [2.24, 2.45) is 0 Å². The average Bonchev–Trinajstić information content (AvgIpc) is 2.90. The molecule has 0 saturated carbocycles. The number of phenols is 1. The van der Waals surface area contributed by atoms with Crippen molar-refractivity contribution in [1.82, 2.24) is 4.98 Å². The summed E-state index contributed by atoms with van der Waals surface area (Å²) < 4.78 is 37.4. The van der Waals surface area contributed by atoms with Gasteiger partial charge in [-0.1, -0.05) is 50.3 Å². The number of benzene rings is 2. The molecule has 2 N–H and O–H groups in total. The molecule has 0 aliphatic heterocycles. The van der Waals surface area contributed by atoms with Gasteiger partial charge in [0.05, 0.1) is 28.5 Å². The van der Waals surface area contributed by atoms with Gasteiger partial charge in [0.2, 0.25) is 0 Å². The van der Waals surface area contributed by atoms with Gasteiger partial charge in [0.15, 0.2) is 5.69 Å². The minimum absolute atomic E-state index is 0.259. The van der Waals surface area contributed by atoms with E-state index in [1.165, 1.54) is 23.4 Å². The molecule has 1 aromatic heterocycles. The monoisotopic (exact) mass is 543 g/mol. The zero-order valence-electron chi connectivity index (χ0n) is 22.2. The molecular weight excluding hydrogens is 511 g/mol. The Hall–Kier alpha value is -3.97. The van der Waals surface area contributed by atoms with Crippen molar-refractivity contribution in [3.8, 4) is 22.9 Å². The fourth-order valence-corrected chi connectivity index (χ4v) is 3.46. The summed E-state index contributed by atoms with van der Waals surface area (Å²) in [6.07, 6.45) is -1.94. The van der Waals surface area contributed by atoms with Crippen LogP contribution in [-0.4, -0.2) is 41.4 Å². The molecule has 3 aromatic rings. The van der Waals surface area contributed by atoms with E-state index in [2.05, 4.69) is 4.98 Å². The van der Waals surface area contributed by atoms with Crippen LogP contribution in [0, 0.1) is 16.7 Å². The second kappa shape index (κ2) is 14.1. The number of halogens is 3. The lowest BCUT2D eigenvalue weighted by Gasteiger charge is -2.33. The molecule has 0 saturated heterocycles. The van der Waals surface area contributed by atoms with Gasteiger partial charge in [-0.25, -0.2) is 4.98 Å². The number of hydrogen-bond donors (Lipinski definition) is 2. The quantitative estimate of drug-likeness (QED) is 0.250. The number of hydrogen-bond acceptors (Lipinski definition) is 6. The summed E-state index contributed by atoms with van der Waals surface area (Å²) in [6.45, 7) is 7.88. The van der Waals surface area contributed by atoms with Gasteiger partial charge in [-0.2, -0.15) is 18.4 Å². The van der Waals surface area contributed by atoms with Crippen LogP contribution in [0.15, 0.2) is 60.8 Å². The number of alkyl halides is 3. The maximum absolute atomic E-state index is 12.5. The third kappa shape index (κ3) is 8.56. The number of nitrogens with one attached hydrogen (secondary N) is 1. The van der Waals surface area contributed by atoms with E-state index in [0.29, 0.717) is 5.69 Å². The fraction of sp³-hybridized carbons (Fsp3) is 0.286. The second-order valence-electron chi connectivity index (χ2n) is 8.46. The van der Waals surface area contributed by atoms with Crippen molar-refractivity contribution >= 4 is 35.3 Å². The van der Waals surface area contributed by atoms with E-state index in [-0.39, 0.29) is 5.75 Å². The van der Waals surface area contributed by atoms with E-state index in [9.17, 15) is 18.3 Å². The van der Waals surface area contributed by atoms with Gasteiger partial charge >= 0.3 is 6.18 Å². The molecule has 0 aliphatic rings. The molecule has 10 heteroatoms. The Morgan fingerprint density at radius 2 is 1.47 bits per heavy atom. The number of nitrogens with zero attached hydrogens (tertiary/aromatic N) is 4. The molecule has 0 aliphatic carbocycles. The van der Waals surface area contributed by atoms with Crippen molar-refractivity contribution in [3.05, 3.63) is 72.1 Å². The molecule has 1 heterocycles. The predicted octanol–water partition coefficient (Wildman–Crippen LogP) is 7.32. The lowest BCUT2D eigenvalue weighted by molar-refractivity contribution is -0.138. The van der Waals surface area contributed by atoms with Gasteiger partial charge in [0, 0.05) is 26.0 Å². The van der Waals surface area contributed by atoms with Gasteiger partial charge in [-0.15, -0.1) is 0 Å². The first kappa shape index (κ1) is 32.1. The molecule has 0 bridgehead atoms. The highest BCUT2D eigenvalue weighted by atomic mass is 32.1. The fourth-order valence-electron chi connectivity index (χ4n) is 3.07. The highest BCUT2D eigenvalue weighted by molar-refractivity contribution is 7.79. The van der Waals surface area contributed by atoms with E-state index < -0.39 is 23.0 Å². The van der Waals surface area contributed by atoms with E-state index >= 15 is 0 Å². The minimum atomic E-state index is -4.55. The molecule has 0 amide bonds. The first-order valence-corrected chi connectivity index (χ1v) is 12.1. The Bertz CT molecular complexity index is 1240. The van der Waals surface area contributed by atoms with Crippen LogP contribution in [0.4, 0.5) is 24.5 Å². The highest BCUT2D eigenvalue weighted by Gasteiger charge is 2.34. The van der Waals surface area contributed by atoms with Crippen molar-refractivity contribution < 1.29 is 18.3 Å². The van der Waals surface area contributed by atoms with Crippen LogP contribution in [0.5, 0.6) is 5.75 Å². The van der Waals surface area contributed by atoms with E-state index in [4.69, 9.17) is 22.9 Å². The zero-order valence-corrected chi connectivity index (χ0v) is 23.0. The maximum Gasteiger partial charge on any atom is 0.419 e. The Morgan fingerprint density at radius 1 is 0.974 bits per heavy atom. The molecule has 0 fully saturated rings. The molecule has 6 nitrogen and oxygen atoms in total. The van der Waals surface area contributed by atoms with E-state index in [1.54, 1.807) is 31.7 Å². The first-order valence-electron chi connectivity index (χ1n) is 11.6. The van der Waals surface area contributed by atoms with Gasteiger partial charge in [0.25, 0.3) is 0 Å². The van der Waals surface area contributed by atoms with E-state index in [0.717, 1.165) is 22.9 Å². The standard InChI is InChI=1S/C17H18N2OS.C9H8F3N3.C2H6/c1-17(2,11-18)19(12-21)15-7-3-13(4-8-15)14-5-9-16(20)10-6-14;1-15(2)6-3-7(9(10,11)12)8(4-13)14-5-6;1-2/h3-12,18,20H,1-2H3;3,5H,1-2H3;1-2H3. The number of thiocarbonyl (C=S) groups is 1. The van der Waals surface area contributed by atoms with Crippen LogP contribution in [0.3, 0.4) is 0 Å². The third-order valence-electron chi connectivity index (χ3n) is 5.23. The zero-order chi connectivity index (χ0) is 29.1. The van der Waals surface area contributed by atoms with E-state index in [1.807, 2.05) is 69.0 Å². The number of pyridine rings is 1. The smallest absolute Gasteiger partial charge is 0.419 e. The Morgan fingerprint density at radius 3 is 1.87 bits per heavy atom. The average molecular weight is 544 g/mol. The molecule has 0 spiro atoms. The Balaban J connectivity index is 0.000000375. The Labute approximate surface area is 227 Å². The summed E-state index contributed by atoms with van der Waals surface area (Å²) >= 11 is 5.08. The van der Waals surface area contributed by atoms with Crippen molar-refractivity contribution in [2.75, 3.05) is 23.9 Å². The number of aromatic nitrogens is 1. The number of rotatable bonds is 6. The van der Waals surface area contributed by atoms with Crippen LogP contribution in [0.1, 0.15) is 39.0 Å². The summed E-state index contributed by atoms with van der Waals surface area (Å²) in [7, 11) is 3.20. The molecule has 0 unspecified atom stereocenters. The maximum atomic E-state index is 12.5. The molecule has 0 atom stereocenters. The van der Waals surface area contributed by atoms with Crippen molar-refractivity contribution in [2.45, 2.75) is 39.4 Å². The molecule has 202 valence electrons. The van der Waals surface area contributed by atoms with Gasteiger partial charge in [0.1, 0.15) is 11.8 Å². The number of nitriles is 1. The van der Waals surface area contributed by atoms with Crippen LogP contribution >= 0.6 is 12.2 Å². The lowest BCUT2D eigenvalue weighted by Crippen LogP contribution is -2.44. The molecule has 0 radical (unpaired) electrons. The molecule has 38 heavy (non-hydrogen) atoms. The lowest BCUT2D eigenvalue weighted by atomic mass is 10.0. The summed E-state index contributed by atoms with van der Waals surface area (Å²) in [4.78, 5) is 6.84. The van der Waals surface area contributed by atoms with Crippen LogP contribution < -0.4 is 9.80 Å². The third-order valence-corrected chi connectivity index (χ3v) is 5.44. The molecular formula is C28H32F3N5OS. The van der Waals surface area contributed by atoms with Crippen molar-refractivity contribution in [3.63, 3.8) is 0 Å². The van der Waals surface area contributed by atoms with Gasteiger partial charge in [-0.05, 0) is 55.3 Å². The summed E-state index contributed by atoms with van der Waals surface area (Å²) in [6, 6.07) is 17.4. The van der Waals surface area contributed by atoms with Crippen LogP contribution in [-0.2, 0) is 6.18 Å². The first-order chi connectivity index (χ1) is 17.8. The summed E-state index contributed by atoms with van der Waals surface area (Å²) in [5.41, 5.74) is 2.87. The largest absolute Gasteiger partial charge is 0.508 e. The van der Waals surface area contributed by atoms with Gasteiger partial charge < -0.3 is 20.3 Å².